The van der Waals surface area contributed by atoms with Gasteiger partial charge in [0.1, 0.15) is 11.5 Å². The highest BCUT2D eigenvalue weighted by Crippen LogP contribution is 2.20. The maximum Gasteiger partial charge on any atom is 0.341 e. The van der Waals surface area contributed by atoms with Crippen LogP contribution < -0.4 is 14.9 Å². The van der Waals surface area contributed by atoms with E-state index in [-0.39, 0.29) is 12.6 Å². The minimum atomic E-state index is -1.03. The molecule has 0 aliphatic carbocycles. The van der Waals surface area contributed by atoms with Crippen LogP contribution in [0.4, 0.5) is 5.95 Å². The van der Waals surface area contributed by atoms with Crippen molar-refractivity contribution < 1.29 is 19.4 Å². The van der Waals surface area contributed by atoms with E-state index >= 15 is 0 Å². The Morgan fingerprint density at radius 1 is 1.14 bits per heavy atom. The Balaban J connectivity index is 1.61. The molecule has 0 saturated carbocycles. The number of hydrogen-bond donors (Lipinski definition) is 2. The number of hydrogen-bond acceptors (Lipinski definition) is 8. The van der Waals surface area contributed by atoms with E-state index < -0.39 is 5.97 Å². The third kappa shape index (κ3) is 5.24. The van der Waals surface area contributed by atoms with Crippen molar-refractivity contribution in [2.75, 3.05) is 19.1 Å². The lowest BCUT2D eigenvalue weighted by Gasteiger charge is -2.04. The molecular weight excluding hydrogens is 362 g/mol. The Kier molecular flexibility index (Phi) is 6.09. The Bertz CT molecular complexity index is 959. The standard InChI is InChI=1S/C19H17N5O4/c1-27-15-8-4-14(5-9-15)17-11-21-24-19(22-17)23-20-10-13-2-6-16(7-3-13)28-12-18(25)26/h2-11H,12H2,1H3,(H,25,26)(H,22,23,24). The van der Waals surface area contributed by atoms with Gasteiger partial charge < -0.3 is 14.6 Å². The highest BCUT2D eigenvalue weighted by Gasteiger charge is 2.03. The Labute approximate surface area is 160 Å². The van der Waals surface area contributed by atoms with Crippen molar-refractivity contribution in [2.24, 2.45) is 5.10 Å². The summed E-state index contributed by atoms with van der Waals surface area (Å²) in [6, 6.07) is 14.2. The first-order chi connectivity index (χ1) is 13.6. The van der Waals surface area contributed by atoms with Crippen LogP contribution >= 0.6 is 0 Å². The van der Waals surface area contributed by atoms with E-state index in [1.165, 1.54) is 0 Å². The van der Waals surface area contributed by atoms with Gasteiger partial charge in [-0.1, -0.05) is 0 Å². The van der Waals surface area contributed by atoms with Crippen molar-refractivity contribution >= 4 is 18.1 Å². The summed E-state index contributed by atoms with van der Waals surface area (Å²) in [5.41, 5.74) is 5.04. The van der Waals surface area contributed by atoms with Gasteiger partial charge in [0.25, 0.3) is 5.95 Å². The van der Waals surface area contributed by atoms with Crippen LogP contribution in [0.1, 0.15) is 5.56 Å². The normalized spacial score (nSPS) is 10.6. The fourth-order valence-electron chi connectivity index (χ4n) is 2.21. The Hall–Kier alpha value is -4.01. The van der Waals surface area contributed by atoms with Crippen molar-refractivity contribution in [1.29, 1.82) is 0 Å². The van der Waals surface area contributed by atoms with Gasteiger partial charge in [-0.2, -0.15) is 10.2 Å². The lowest BCUT2D eigenvalue weighted by Crippen LogP contribution is -2.09. The van der Waals surface area contributed by atoms with Gasteiger partial charge in [-0.3, -0.25) is 0 Å². The number of rotatable bonds is 8. The maximum atomic E-state index is 10.5. The van der Waals surface area contributed by atoms with Gasteiger partial charge in [0.2, 0.25) is 0 Å². The molecule has 0 unspecified atom stereocenters. The molecule has 0 spiro atoms. The predicted octanol–water partition coefficient (Wildman–Crippen LogP) is 2.46. The molecule has 142 valence electrons. The second-order valence-electron chi connectivity index (χ2n) is 5.52. The van der Waals surface area contributed by atoms with Gasteiger partial charge in [-0.05, 0) is 54.1 Å². The molecule has 9 heteroatoms. The number of carboxylic acid groups (broad SMARTS) is 1. The first-order valence-electron chi connectivity index (χ1n) is 8.22. The van der Waals surface area contributed by atoms with Crippen LogP contribution in [0.2, 0.25) is 0 Å². The van der Waals surface area contributed by atoms with E-state index in [0.717, 1.165) is 16.9 Å². The molecule has 0 atom stereocenters. The molecule has 28 heavy (non-hydrogen) atoms. The molecule has 0 bridgehead atoms. The zero-order valence-corrected chi connectivity index (χ0v) is 14.9. The van der Waals surface area contributed by atoms with E-state index in [4.69, 9.17) is 14.6 Å². The summed E-state index contributed by atoms with van der Waals surface area (Å²) in [4.78, 5) is 14.9. The zero-order valence-electron chi connectivity index (χ0n) is 14.9. The molecule has 2 N–H and O–H groups in total. The monoisotopic (exact) mass is 379 g/mol. The maximum absolute atomic E-state index is 10.5. The molecule has 0 radical (unpaired) electrons. The third-order valence-electron chi connectivity index (χ3n) is 3.57. The van der Waals surface area contributed by atoms with Crippen LogP contribution in [0.3, 0.4) is 0 Å². The highest BCUT2D eigenvalue weighted by molar-refractivity contribution is 5.80. The molecule has 0 saturated heterocycles. The molecule has 0 aliphatic heterocycles. The van der Waals surface area contributed by atoms with E-state index in [1.54, 1.807) is 43.8 Å². The van der Waals surface area contributed by atoms with Crippen LogP contribution in [0.5, 0.6) is 11.5 Å². The molecule has 3 rings (SSSR count). The Morgan fingerprint density at radius 2 is 1.86 bits per heavy atom. The summed E-state index contributed by atoms with van der Waals surface area (Å²) in [6.07, 6.45) is 3.14. The molecule has 9 nitrogen and oxygen atoms in total. The molecular formula is C19H17N5O4. The molecule has 0 amide bonds. The second kappa shape index (κ2) is 9.08. The molecule has 1 aromatic heterocycles. The number of nitrogens with zero attached hydrogens (tertiary/aromatic N) is 4. The van der Waals surface area contributed by atoms with E-state index in [0.29, 0.717) is 11.4 Å². The number of methoxy groups -OCH3 is 1. The summed E-state index contributed by atoms with van der Waals surface area (Å²) in [5, 5.41) is 20.5. The number of ether oxygens (including phenoxy) is 2. The average Bonchev–Trinajstić information content (AvgIpc) is 2.73. The molecule has 0 aliphatic rings. The smallest absolute Gasteiger partial charge is 0.341 e. The predicted molar refractivity (Wildman–Crippen MR) is 103 cm³/mol. The molecule has 1 heterocycles. The fourth-order valence-corrected chi connectivity index (χ4v) is 2.21. The van der Waals surface area contributed by atoms with Crippen LogP contribution in [0.25, 0.3) is 11.3 Å². The Morgan fingerprint density at radius 3 is 2.54 bits per heavy atom. The van der Waals surface area contributed by atoms with Gasteiger partial charge in [0, 0.05) is 5.56 Å². The molecule has 0 fully saturated rings. The third-order valence-corrected chi connectivity index (χ3v) is 3.57. The van der Waals surface area contributed by atoms with Crippen molar-refractivity contribution in [3.8, 4) is 22.8 Å². The van der Waals surface area contributed by atoms with Crippen LogP contribution in [0.15, 0.2) is 59.8 Å². The number of carbonyl (C=O) groups is 1. The quantitative estimate of drug-likeness (QED) is 0.452. The number of carboxylic acids is 1. The van der Waals surface area contributed by atoms with E-state index in [2.05, 4.69) is 25.7 Å². The number of nitrogens with one attached hydrogen (secondary N) is 1. The average molecular weight is 379 g/mol. The summed E-state index contributed by atoms with van der Waals surface area (Å²) < 4.78 is 10.2. The minimum absolute atomic E-state index is 0.256. The van der Waals surface area contributed by atoms with Crippen LogP contribution in [-0.2, 0) is 4.79 Å². The van der Waals surface area contributed by atoms with Gasteiger partial charge >= 0.3 is 5.97 Å². The zero-order chi connectivity index (χ0) is 19.8. The number of anilines is 1. The number of hydrazone groups is 1. The van der Waals surface area contributed by atoms with E-state index in [1.807, 2.05) is 24.3 Å². The van der Waals surface area contributed by atoms with Crippen molar-refractivity contribution in [1.82, 2.24) is 15.2 Å². The number of benzene rings is 2. The fraction of sp³-hybridized carbons (Fsp3) is 0.105. The lowest BCUT2D eigenvalue weighted by atomic mass is 10.1. The second-order valence-corrected chi connectivity index (χ2v) is 5.52. The number of aromatic nitrogens is 3. The summed E-state index contributed by atoms with van der Waals surface area (Å²) >= 11 is 0. The highest BCUT2D eigenvalue weighted by atomic mass is 16.5. The van der Waals surface area contributed by atoms with Crippen molar-refractivity contribution in [2.45, 2.75) is 0 Å². The van der Waals surface area contributed by atoms with Gasteiger partial charge in [0.05, 0.1) is 25.2 Å². The minimum Gasteiger partial charge on any atom is -0.497 e. The van der Waals surface area contributed by atoms with Gasteiger partial charge in [-0.25, -0.2) is 15.2 Å². The van der Waals surface area contributed by atoms with Gasteiger partial charge in [-0.15, -0.1) is 5.10 Å². The van der Waals surface area contributed by atoms with Gasteiger partial charge in [0.15, 0.2) is 6.61 Å². The largest absolute Gasteiger partial charge is 0.497 e. The van der Waals surface area contributed by atoms with E-state index in [9.17, 15) is 4.79 Å². The van der Waals surface area contributed by atoms with Crippen LogP contribution in [0, 0.1) is 0 Å². The summed E-state index contributed by atoms with van der Waals surface area (Å²) in [5.74, 6) is 0.451. The first-order valence-corrected chi connectivity index (χ1v) is 8.22. The van der Waals surface area contributed by atoms with Crippen LogP contribution in [-0.4, -0.2) is 46.2 Å². The summed E-state index contributed by atoms with van der Waals surface area (Å²) in [6.45, 7) is -0.385. The molecule has 3 aromatic rings. The summed E-state index contributed by atoms with van der Waals surface area (Å²) in [7, 11) is 1.61. The topological polar surface area (TPSA) is 119 Å². The first kappa shape index (κ1) is 18.8. The SMILES string of the molecule is COc1ccc(-c2cnnc(NN=Cc3ccc(OCC(=O)O)cc3)n2)cc1. The van der Waals surface area contributed by atoms with Crippen molar-refractivity contribution in [3.63, 3.8) is 0 Å². The number of aliphatic carboxylic acids is 1. The van der Waals surface area contributed by atoms with Crippen molar-refractivity contribution in [3.05, 3.63) is 60.3 Å². The molecule has 2 aromatic carbocycles. The lowest BCUT2D eigenvalue weighted by molar-refractivity contribution is -0.139.